The van der Waals surface area contributed by atoms with Gasteiger partial charge in [0.25, 0.3) is 0 Å². The van der Waals surface area contributed by atoms with E-state index in [9.17, 15) is 0 Å². The standard InChI is InChI=1S/C52H31N5O/c1-3-16-32(17-4-1)49-53-50(33-18-5-2-6-19-33)55-51(54-49)57-43-27-12-8-21-35(43)37-30-47-41(31-45(37)57)52(39-24-10-14-29-46(39)58-47)38-23-9-13-28-44(38)56-42-26-11-7-20-34(42)36-22-15-25-40(52)48(36)56/h1-31H. The molecule has 58 heavy (non-hydrogen) atoms. The Bertz CT molecular complexity index is 3440. The fourth-order valence-electron chi connectivity index (χ4n) is 9.90. The Balaban J connectivity index is 1.18. The highest BCUT2D eigenvalue weighted by molar-refractivity contribution is 6.13. The molecule has 0 saturated heterocycles. The molecule has 2 aliphatic rings. The van der Waals surface area contributed by atoms with Gasteiger partial charge in [-0.2, -0.15) is 9.97 Å². The lowest BCUT2D eigenvalue weighted by atomic mass is 9.61. The molecule has 6 nitrogen and oxygen atoms in total. The summed E-state index contributed by atoms with van der Waals surface area (Å²) in [7, 11) is 0. The minimum Gasteiger partial charge on any atom is -0.457 e. The van der Waals surface area contributed by atoms with Gasteiger partial charge < -0.3 is 9.30 Å². The first-order valence-electron chi connectivity index (χ1n) is 19.6. The Morgan fingerprint density at radius 2 is 0.948 bits per heavy atom. The highest BCUT2D eigenvalue weighted by Crippen LogP contribution is 2.61. The molecule has 2 aliphatic heterocycles. The number of hydrogen-bond donors (Lipinski definition) is 0. The van der Waals surface area contributed by atoms with Gasteiger partial charge in [-0.15, -0.1) is 0 Å². The lowest BCUT2D eigenvalue weighted by Gasteiger charge is -2.45. The molecule has 0 fully saturated rings. The first kappa shape index (κ1) is 31.4. The lowest BCUT2D eigenvalue weighted by Crippen LogP contribution is -2.37. The van der Waals surface area contributed by atoms with Crippen LogP contribution in [0.2, 0.25) is 0 Å². The van der Waals surface area contributed by atoms with E-state index in [-0.39, 0.29) is 0 Å². The maximum absolute atomic E-state index is 7.03. The third-order valence-corrected chi connectivity index (χ3v) is 12.2. The summed E-state index contributed by atoms with van der Waals surface area (Å²) in [5.41, 5.74) is 11.3. The lowest BCUT2D eigenvalue weighted by molar-refractivity contribution is 0.435. The van der Waals surface area contributed by atoms with Gasteiger partial charge in [-0.3, -0.25) is 4.57 Å². The Morgan fingerprint density at radius 1 is 0.379 bits per heavy atom. The summed E-state index contributed by atoms with van der Waals surface area (Å²) >= 11 is 0. The van der Waals surface area contributed by atoms with Gasteiger partial charge in [0.15, 0.2) is 11.6 Å². The SMILES string of the molecule is c1ccc(-c2nc(-c3ccccc3)nc(-n3c4ccccc4c4cc5c(cc43)C3(c4ccccc4O5)c4ccccc4-n4c5ccccc5c5cccc3c54)n2)cc1. The average molecular weight is 742 g/mol. The first-order valence-corrected chi connectivity index (χ1v) is 19.6. The van der Waals surface area contributed by atoms with Crippen molar-refractivity contribution in [3.05, 3.63) is 210 Å². The fraction of sp³-hybridized carbons (Fsp3) is 0.0192. The van der Waals surface area contributed by atoms with Crippen LogP contribution in [0, 0.1) is 0 Å². The van der Waals surface area contributed by atoms with E-state index in [1.807, 2.05) is 36.4 Å². The van der Waals surface area contributed by atoms with Crippen LogP contribution in [0.1, 0.15) is 22.3 Å². The number of benzene rings is 8. The van der Waals surface area contributed by atoms with Crippen molar-refractivity contribution in [1.29, 1.82) is 0 Å². The largest absolute Gasteiger partial charge is 0.457 e. The fourth-order valence-corrected chi connectivity index (χ4v) is 9.90. The van der Waals surface area contributed by atoms with Gasteiger partial charge in [0.1, 0.15) is 11.5 Å². The van der Waals surface area contributed by atoms with Gasteiger partial charge in [-0.05, 0) is 47.5 Å². The molecule has 1 spiro atoms. The number of nitrogens with zero attached hydrogens (tertiary/aromatic N) is 5. The average Bonchev–Trinajstić information content (AvgIpc) is 3.81. The highest BCUT2D eigenvalue weighted by atomic mass is 16.5. The van der Waals surface area contributed by atoms with Crippen molar-refractivity contribution >= 4 is 43.6 Å². The Labute approximate surface area is 332 Å². The minimum absolute atomic E-state index is 0.552. The van der Waals surface area contributed by atoms with E-state index in [4.69, 9.17) is 19.7 Å². The van der Waals surface area contributed by atoms with E-state index in [1.165, 1.54) is 32.9 Å². The van der Waals surface area contributed by atoms with Crippen LogP contribution in [-0.4, -0.2) is 24.1 Å². The summed E-state index contributed by atoms with van der Waals surface area (Å²) in [5, 5.41) is 4.62. The van der Waals surface area contributed by atoms with E-state index in [0.29, 0.717) is 17.6 Å². The Hall–Kier alpha value is -7.83. The van der Waals surface area contributed by atoms with E-state index in [1.54, 1.807) is 0 Å². The number of para-hydroxylation sites is 5. The van der Waals surface area contributed by atoms with Crippen molar-refractivity contribution in [3.8, 4) is 45.9 Å². The van der Waals surface area contributed by atoms with E-state index in [0.717, 1.165) is 61.2 Å². The topological polar surface area (TPSA) is 57.8 Å². The number of rotatable bonds is 3. The molecule has 8 aromatic carbocycles. The summed E-state index contributed by atoms with van der Waals surface area (Å²) < 4.78 is 11.7. The molecule has 13 rings (SSSR count). The highest BCUT2D eigenvalue weighted by Gasteiger charge is 2.50. The number of ether oxygens (including phenoxy) is 1. The van der Waals surface area contributed by atoms with Gasteiger partial charge in [0, 0.05) is 43.8 Å². The van der Waals surface area contributed by atoms with Gasteiger partial charge in [-0.25, -0.2) is 4.98 Å². The normalized spacial score (nSPS) is 15.1. The Kier molecular flexibility index (Phi) is 6.28. The zero-order chi connectivity index (χ0) is 38.0. The maximum atomic E-state index is 7.03. The van der Waals surface area contributed by atoms with E-state index >= 15 is 0 Å². The smallest absolute Gasteiger partial charge is 0.238 e. The van der Waals surface area contributed by atoms with E-state index < -0.39 is 5.41 Å². The first-order chi connectivity index (χ1) is 28.8. The molecular weight excluding hydrogens is 711 g/mol. The van der Waals surface area contributed by atoms with Crippen LogP contribution in [0.3, 0.4) is 0 Å². The third kappa shape index (κ3) is 4.08. The minimum atomic E-state index is -0.719. The van der Waals surface area contributed by atoms with Crippen LogP contribution >= 0.6 is 0 Å². The summed E-state index contributed by atoms with van der Waals surface area (Å²) in [4.78, 5) is 15.5. The summed E-state index contributed by atoms with van der Waals surface area (Å²) in [6.07, 6.45) is 0. The number of aromatic nitrogens is 5. The molecule has 6 heteroatoms. The molecule has 0 aliphatic carbocycles. The summed E-state index contributed by atoms with van der Waals surface area (Å²) in [5.74, 6) is 3.46. The summed E-state index contributed by atoms with van der Waals surface area (Å²) in [6.45, 7) is 0. The maximum Gasteiger partial charge on any atom is 0.238 e. The van der Waals surface area contributed by atoms with E-state index in [2.05, 4.69) is 161 Å². The molecule has 0 amide bonds. The van der Waals surface area contributed by atoms with Crippen LogP contribution in [0.5, 0.6) is 11.5 Å². The van der Waals surface area contributed by atoms with Crippen molar-refractivity contribution in [3.63, 3.8) is 0 Å². The van der Waals surface area contributed by atoms with Crippen molar-refractivity contribution in [2.75, 3.05) is 0 Å². The van der Waals surface area contributed by atoms with Gasteiger partial charge in [-0.1, -0.05) is 152 Å². The molecule has 0 bridgehead atoms. The molecule has 5 heterocycles. The van der Waals surface area contributed by atoms with Crippen LogP contribution < -0.4 is 4.74 Å². The second-order valence-corrected chi connectivity index (χ2v) is 15.2. The molecule has 270 valence electrons. The molecule has 1 unspecified atom stereocenters. The predicted octanol–water partition coefficient (Wildman–Crippen LogP) is 12.2. The Morgan fingerprint density at radius 3 is 1.69 bits per heavy atom. The zero-order valence-corrected chi connectivity index (χ0v) is 31.0. The van der Waals surface area contributed by atoms with Gasteiger partial charge in [0.05, 0.1) is 33.2 Å². The van der Waals surface area contributed by atoms with Crippen LogP contribution in [0.25, 0.3) is 78.0 Å². The summed E-state index contributed by atoms with van der Waals surface area (Å²) in [6, 6.07) is 66.5. The predicted molar refractivity (Wildman–Crippen MR) is 231 cm³/mol. The quantitative estimate of drug-likeness (QED) is 0.181. The van der Waals surface area contributed by atoms with Crippen molar-refractivity contribution < 1.29 is 4.74 Å². The second kappa shape index (κ2) is 11.6. The second-order valence-electron chi connectivity index (χ2n) is 15.2. The van der Waals surface area contributed by atoms with Crippen molar-refractivity contribution in [2.45, 2.75) is 5.41 Å². The molecule has 1 atom stereocenters. The zero-order valence-electron chi connectivity index (χ0n) is 31.0. The number of fused-ring (bicyclic) bond motifs is 14. The van der Waals surface area contributed by atoms with Gasteiger partial charge >= 0.3 is 0 Å². The van der Waals surface area contributed by atoms with Crippen LogP contribution in [-0.2, 0) is 5.41 Å². The van der Waals surface area contributed by atoms with Crippen molar-refractivity contribution in [1.82, 2.24) is 24.1 Å². The molecule has 0 N–H and O–H groups in total. The number of hydrogen-bond acceptors (Lipinski definition) is 4. The monoisotopic (exact) mass is 741 g/mol. The van der Waals surface area contributed by atoms with Gasteiger partial charge in [0.2, 0.25) is 5.95 Å². The van der Waals surface area contributed by atoms with Crippen LogP contribution in [0.15, 0.2) is 188 Å². The van der Waals surface area contributed by atoms with Crippen LogP contribution in [0.4, 0.5) is 0 Å². The van der Waals surface area contributed by atoms with Crippen molar-refractivity contribution in [2.24, 2.45) is 0 Å². The molecule has 0 radical (unpaired) electrons. The molecule has 11 aromatic rings. The molecular formula is C52H31N5O. The molecule has 3 aromatic heterocycles. The third-order valence-electron chi connectivity index (χ3n) is 12.2. The molecule has 0 saturated carbocycles.